The Balaban J connectivity index is 1.90. The lowest BCUT2D eigenvalue weighted by Gasteiger charge is -2.17. The lowest BCUT2D eigenvalue weighted by atomic mass is 10.1. The van der Waals surface area contributed by atoms with Gasteiger partial charge < -0.3 is 19.9 Å². The van der Waals surface area contributed by atoms with Gasteiger partial charge in [0.05, 0.1) is 0 Å². The first-order valence-electron chi connectivity index (χ1n) is 8.90. The molecule has 0 spiro atoms. The summed E-state index contributed by atoms with van der Waals surface area (Å²) in [5, 5.41) is 10.3. The number of hydrogen-bond donors (Lipinski definition) is 2. The molecule has 0 unspecified atom stereocenters. The second kappa shape index (κ2) is 8.10. The van der Waals surface area contributed by atoms with Crippen molar-refractivity contribution in [2.24, 2.45) is 5.73 Å². The molecule has 0 bridgehead atoms. The van der Waals surface area contributed by atoms with Gasteiger partial charge in [0, 0.05) is 30.6 Å². The van der Waals surface area contributed by atoms with Crippen LogP contribution in [0.5, 0.6) is 5.75 Å². The highest BCUT2D eigenvalue weighted by Gasteiger charge is 2.21. The first kappa shape index (κ1) is 20.6. The summed E-state index contributed by atoms with van der Waals surface area (Å²) in [6, 6.07) is 15.7. The molecule has 0 aliphatic rings. The monoisotopic (exact) mass is 432 g/mol. The molecule has 3 aromatic rings. The average molecular weight is 432 g/mol. The number of nitrogens with zero attached hydrogens (tertiary/aromatic N) is 1. The van der Waals surface area contributed by atoms with Gasteiger partial charge in [-0.15, -0.1) is 0 Å². The number of hydrogen-bond acceptors (Lipinski definition) is 6. The van der Waals surface area contributed by atoms with Gasteiger partial charge in [0.25, 0.3) is 0 Å². The van der Waals surface area contributed by atoms with Gasteiger partial charge in [-0.3, -0.25) is 4.79 Å². The molecule has 0 aromatic heterocycles. The molecule has 0 amide bonds. The van der Waals surface area contributed by atoms with Crippen LogP contribution in [0.3, 0.4) is 0 Å². The van der Waals surface area contributed by atoms with E-state index in [0.717, 1.165) is 11.1 Å². The van der Waals surface area contributed by atoms with E-state index in [-0.39, 0.29) is 17.1 Å². The third-order valence-electron chi connectivity index (χ3n) is 4.51. The van der Waals surface area contributed by atoms with Gasteiger partial charge >= 0.3 is 16.1 Å². The minimum atomic E-state index is -4.07. The van der Waals surface area contributed by atoms with Gasteiger partial charge in [0.1, 0.15) is 16.7 Å². The summed E-state index contributed by atoms with van der Waals surface area (Å²) in [4.78, 5) is 12.9. The molecule has 152 valence electrons. The van der Waals surface area contributed by atoms with E-state index in [1.807, 2.05) is 31.1 Å². The van der Waals surface area contributed by atoms with Gasteiger partial charge in [0.2, 0.25) is 0 Å². The molecule has 29 heavy (non-hydrogen) atoms. The molecule has 0 aliphatic carbocycles. The van der Waals surface area contributed by atoms with E-state index >= 15 is 0 Å². The van der Waals surface area contributed by atoms with Crippen LogP contribution in [-0.4, -0.2) is 39.6 Å². The van der Waals surface area contributed by atoms with Crippen LogP contribution in [0, 0.1) is 0 Å². The van der Waals surface area contributed by atoms with Crippen molar-refractivity contribution in [1.82, 2.24) is 0 Å². The maximum absolute atomic E-state index is 12.9. The van der Waals surface area contributed by atoms with Crippen LogP contribution < -0.4 is 14.8 Å². The van der Waals surface area contributed by atoms with E-state index in [0.29, 0.717) is 10.9 Å². The molecular formula is C21H22N2O5S. The number of nitrogens with two attached hydrogens (primary N) is 1. The van der Waals surface area contributed by atoms with Gasteiger partial charge in [-0.1, -0.05) is 36.4 Å². The van der Waals surface area contributed by atoms with Gasteiger partial charge in [-0.2, -0.15) is 8.42 Å². The minimum Gasteiger partial charge on any atom is -0.480 e. The van der Waals surface area contributed by atoms with Crippen LogP contribution in [0.1, 0.15) is 5.56 Å². The third-order valence-corrected chi connectivity index (χ3v) is 5.82. The van der Waals surface area contributed by atoms with E-state index in [1.54, 1.807) is 30.3 Å². The quantitative estimate of drug-likeness (QED) is 0.552. The summed E-state index contributed by atoms with van der Waals surface area (Å²) >= 11 is 0. The summed E-state index contributed by atoms with van der Waals surface area (Å²) in [7, 11) is -0.283. The molecule has 8 heteroatoms. The van der Waals surface area contributed by atoms with Crippen molar-refractivity contribution < 1.29 is 22.5 Å². The standard InChI is InChI=1S/C21H22N2O5S/c1-23(2)19-7-3-6-17-16(19)5-4-8-20(17)29(26,27)28-15-11-9-14(10-12-15)13-18(22)21(24)25/h3-12,18H,13,22H2,1-2H3,(H,24,25)/t18-/m0/s1/i9+2,10+2,11+2,12+2,13+2,14+2,15+2,18+2,21+2. The molecule has 0 fully saturated rings. The zero-order chi connectivity index (χ0) is 21.2. The maximum Gasteiger partial charge on any atom is 0.339 e. The van der Waals surface area contributed by atoms with E-state index in [4.69, 9.17) is 15.0 Å². The van der Waals surface area contributed by atoms with Crippen molar-refractivity contribution in [2.45, 2.75) is 17.4 Å². The van der Waals surface area contributed by atoms with Gasteiger partial charge in [-0.05, 0) is 36.2 Å². The molecule has 3 N–H and O–H groups in total. The van der Waals surface area contributed by atoms with E-state index in [9.17, 15) is 13.2 Å². The Bertz CT molecular complexity index is 1140. The first-order valence-corrected chi connectivity index (χ1v) is 10.3. The van der Waals surface area contributed by atoms with Crippen molar-refractivity contribution in [1.29, 1.82) is 0 Å². The van der Waals surface area contributed by atoms with Gasteiger partial charge in [-0.25, -0.2) is 0 Å². The number of rotatable bonds is 7. The summed E-state index contributed by atoms with van der Waals surface area (Å²) in [5.41, 5.74) is 7.09. The number of carboxylic acids is 1. The Labute approximate surface area is 169 Å². The smallest absolute Gasteiger partial charge is 0.339 e. The van der Waals surface area contributed by atoms with Crippen molar-refractivity contribution in [3.63, 3.8) is 0 Å². The van der Waals surface area contributed by atoms with Crippen LogP contribution in [0.4, 0.5) is 5.69 Å². The lowest BCUT2D eigenvalue weighted by Crippen LogP contribution is -2.32. The number of fused-ring (bicyclic) bond motifs is 1. The number of aliphatic carboxylic acids is 1. The predicted molar refractivity (Wildman–Crippen MR) is 112 cm³/mol. The van der Waals surface area contributed by atoms with E-state index < -0.39 is 22.1 Å². The highest BCUT2D eigenvalue weighted by atomic mass is 32.2. The van der Waals surface area contributed by atoms with Crippen molar-refractivity contribution in [3.05, 3.63) is 66.2 Å². The molecule has 7 nitrogen and oxygen atoms in total. The molecular weight excluding hydrogens is 410 g/mol. The predicted octanol–water partition coefficient (Wildman–Crippen LogP) is 2.63. The summed E-state index contributed by atoms with van der Waals surface area (Å²) < 4.78 is 31.1. The number of carboxylic acid groups (broad SMARTS) is 1. The molecule has 0 heterocycles. The summed E-state index contributed by atoms with van der Waals surface area (Å²) in [6.07, 6.45) is 0.138. The zero-order valence-electron chi connectivity index (χ0n) is 16.1. The number of carbonyl (C=O) groups is 1. The van der Waals surface area contributed by atoms with Crippen molar-refractivity contribution >= 4 is 32.5 Å². The van der Waals surface area contributed by atoms with E-state index in [1.165, 1.54) is 18.2 Å². The first-order chi connectivity index (χ1) is 13.7. The molecule has 3 rings (SSSR count). The van der Waals surface area contributed by atoms with E-state index in [2.05, 4.69) is 0 Å². The minimum absolute atomic E-state index is 0.0793. The Morgan fingerprint density at radius 2 is 1.76 bits per heavy atom. The lowest BCUT2D eigenvalue weighted by molar-refractivity contribution is -0.138. The SMILES string of the molecule is CN(C)c1cccc2c(S(=O)(=O)O[14c]3[14cH][14cH][14c]([14CH2][14C@H](N)[14C](=O)O)[14cH][14cH]3)cccc12. The van der Waals surface area contributed by atoms with Gasteiger partial charge in [0.15, 0.2) is 0 Å². The number of benzene rings is 3. The third kappa shape index (κ3) is 4.49. The number of anilines is 1. The molecule has 3 aromatic carbocycles. The Morgan fingerprint density at radius 3 is 2.38 bits per heavy atom. The topological polar surface area (TPSA) is 110 Å². The average Bonchev–Trinajstić information content (AvgIpc) is 2.68. The maximum atomic E-state index is 12.9. The fourth-order valence-electron chi connectivity index (χ4n) is 3.07. The Morgan fingerprint density at radius 1 is 1.14 bits per heavy atom. The highest BCUT2D eigenvalue weighted by molar-refractivity contribution is 7.87. The fraction of sp³-hybridized carbons (Fsp3) is 0.190. The molecule has 0 aliphatic heterocycles. The molecule has 1 atom stereocenters. The van der Waals surface area contributed by atoms with Crippen LogP contribution >= 0.6 is 0 Å². The normalized spacial score (nSPS) is 12.5. The highest BCUT2D eigenvalue weighted by Crippen LogP contribution is 2.31. The molecule has 0 saturated heterocycles. The Hall–Kier alpha value is -3.10. The zero-order valence-corrected chi connectivity index (χ0v) is 16.9. The Kier molecular flexibility index (Phi) is 5.76. The summed E-state index contributed by atoms with van der Waals surface area (Å²) in [5.74, 6) is -0.959. The van der Waals surface area contributed by atoms with Crippen LogP contribution in [-0.2, 0) is 21.3 Å². The second-order valence-corrected chi connectivity index (χ2v) is 8.37. The second-order valence-electron chi connectivity index (χ2n) is 6.85. The van der Waals surface area contributed by atoms with Crippen LogP contribution in [0.15, 0.2) is 65.6 Å². The molecule has 0 saturated carbocycles. The van der Waals surface area contributed by atoms with Crippen molar-refractivity contribution in [3.8, 4) is 5.75 Å². The van der Waals surface area contributed by atoms with Crippen LogP contribution in [0.2, 0.25) is 0 Å². The fourth-order valence-corrected chi connectivity index (χ4v) is 4.21. The summed E-state index contributed by atoms with van der Waals surface area (Å²) in [6.45, 7) is 0. The van der Waals surface area contributed by atoms with Crippen LogP contribution in [0.25, 0.3) is 10.8 Å². The van der Waals surface area contributed by atoms with Crippen molar-refractivity contribution in [2.75, 3.05) is 19.0 Å². The molecule has 0 radical (unpaired) electrons. The largest absolute Gasteiger partial charge is 0.480 e.